The molecular formula is C13H21N3O. The third kappa shape index (κ3) is 4.97. The molecule has 0 aliphatic rings. The molecule has 1 aromatic rings. The van der Waals surface area contributed by atoms with E-state index in [0.29, 0.717) is 18.7 Å². The molecule has 0 bridgehead atoms. The van der Waals surface area contributed by atoms with E-state index in [1.54, 1.807) is 0 Å². The lowest BCUT2D eigenvalue weighted by molar-refractivity contribution is 0.0952. The van der Waals surface area contributed by atoms with Gasteiger partial charge in [-0.05, 0) is 44.8 Å². The summed E-state index contributed by atoms with van der Waals surface area (Å²) >= 11 is 0. The molecule has 0 aliphatic carbocycles. The second-order valence-electron chi connectivity index (χ2n) is 4.31. The van der Waals surface area contributed by atoms with Crippen molar-refractivity contribution in [3.8, 4) is 0 Å². The molecule has 0 unspecified atom stereocenters. The van der Waals surface area contributed by atoms with Gasteiger partial charge in [0.1, 0.15) is 0 Å². The summed E-state index contributed by atoms with van der Waals surface area (Å²) < 4.78 is 0. The smallest absolute Gasteiger partial charge is 0.251 e. The minimum atomic E-state index is -0.0210. The quantitative estimate of drug-likeness (QED) is 0.718. The Morgan fingerprint density at radius 2 is 1.94 bits per heavy atom. The largest absolute Gasteiger partial charge is 0.352 e. The summed E-state index contributed by atoms with van der Waals surface area (Å²) in [7, 11) is 4.04. The van der Waals surface area contributed by atoms with Crippen LogP contribution in [0.2, 0.25) is 0 Å². The topological polar surface area (TPSA) is 58.4 Å². The summed E-state index contributed by atoms with van der Waals surface area (Å²) in [5.41, 5.74) is 7.22. The first-order valence-corrected chi connectivity index (χ1v) is 5.85. The standard InChI is InChI=1S/C13H21N3O/c1-16(2)9-3-8-15-13(17)12-6-4-11(10-14)5-7-12/h4-7H,3,8-10,14H2,1-2H3,(H,15,17). The van der Waals surface area contributed by atoms with Crippen molar-refractivity contribution in [2.75, 3.05) is 27.2 Å². The van der Waals surface area contributed by atoms with Gasteiger partial charge in [0.2, 0.25) is 0 Å². The molecule has 0 heterocycles. The second-order valence-corrected chi connectivity index (χ2v) is 4.31. The number of hydrogen-bond donors (Lipinski definition) is 2. The molecule has 0 radical (unpaired) electrons. The molecule has 4 heteroatoms. The minimum Gasteiger partial charge on any atom is -0.352 e. The fourth-order valence-corrected chi connectivity index (χ4v) is 1.49. The Bertz CT molecular complexity index is 346. The Morgan fingerprint density at radius 3 is 2.47 bits per heavy atom. The molecule has 4 nitrogen and oxygen atoms in total. The molecule has 3 N–H and O–H groups in total. The van der Waals surface area contributed by atoms with Gasteiger partial charge in [-0.25, -0.2) is 0 Å². The number of carbonyl (C=O) groups excluding carboxylic acids is 1. The monoisotopic (exact) mass is 235 g/mol. The van der Waals surface area contributed by atoms with Crippen LogP contribution in [0.5, 0.6) is 0 Å². The molecule has 0 atom stereocenters. The zero-order valence-electron chi connectivity index (χ0n) is 10.6. The zero-order valence-corrected chi connectivity index (χ0v) is 10.6. The van der Waals surface area contributed by atoms with E-state index in [0.717, 1.165) is 18.5 Å². The number of carbonyl (C=O) groups is 1. The first-order valence-electron chi connectivity index (χ1n) is 5.85. The van der Waals surface area contributed by atoms with Crippen molar-refractivity contribution in [2.24, 2.45) is 5.73 Å². The Morgan fingerprint density at radius 1 is 1.29 bits per heavy atom. The van der Waals surface area contributed by atoms with Gasteiger partial charge in [-0.1, -0.05) is 12.1 Å². The van der Waals surface area contributed by atoms with Crippen LogP contribution in [0, 0.1) is 0 Å². The van der Waals surface area contributed by atoms with Gasteiger partial charge in [0.25, 0.3) is 5.91 Å². The van der Waals surface area contributed by atoms with Gasteiger partial charge in [0.15, 0.2) is 0 Å². The third-order valence-electron chi connectivity index (χ3n) is 2.52. The Hall–Kier alpha value is -1.39. The summed E-state index contributed by atoms with van der Waals surface area (Å²) in [5.74, 6) is -0.0210. The van der Waals surface area contributed by atoms with Crippen LogP contribution in [0.3, 0.4) is 0 Å². The Kier molecular flexibility index (Phi) is 5.66. The average molecular weight is 235 g/mol. The van der Waals surface area contributed by atoms with Gasteiger partial charge in [0, 0.05) is 18.7 Å². The average Bonchev–Trinajstić information content (AvgIpc) is 2.34. The lowest BCUT2D eigenvalue weighted by atomic mass is 10.1. The van der Waals surface area contributed by atoms with Crippen molar-refractivity contribution in [2.45, 2.75) is 13.0 Å². The summed E-state index contributed by atoms with van der Waals surface area (Å²) in [4.78, 5) is 13.8. The number of nitrogens with one attached hydrogen (secondary N) is 1. The van der Waals surface area contributed by atoms with Gasteiger partial charge < -0.3 is 16.0 Å². The molecule has 0 aliphatic heterocycles. The highest BCUT2D eigenvalue weighted by Gasteiger charge is 2.03. The maximum absolute atomic E-state index is 11.7. The van der Waals surface area contributed by atoms with Crippen LogP contribution < -0.4 is 11.1 Å². The van der Waals surface area contributed by atoms with Crippen molar-refractivity contribution in [3.63, 3.8) is 0 Å². The fourth-order valence-electron chi connectivity index (χ4n) is 1.49. The van der Waals surface area contributed by atoms with Crippen LogP contribution in [0.1, 0.15) is 22.3 Å². The van der Waals surface area contributed by atoms with E-state index in [1.807, 2.05) is 38.4 Å². The number of amides is 1. The lowest BCUT2D eigenvalue weighted by Crippen LogP contribution is -2.27. The summed E-state index contributed by atoms with van der Waals surface area (Å²) in [5, 5.41) is 2.89. The van der Waals surface area contributed by atoms with Crippen LogP contribution in [-0.2, 0) is 6.54 Å². The highest BCUT2D eigenvalue weighted by molar-refractivity contribution is 5.94. The summed E-state index contributed by atoms with van der Waals surface area (Å²) in [6, 6.07) is 7.39. The molecule has 0 saturated carbocycles. The van der Waals surface area contributed by atoms with Crippen LogP contribution in [0.25, 0.3) is 0 Å². The van der Waals surface area contributed by atoms with Gasteiger partial charge in [-0.2, -0.15) is 0 Å². The highest BCUT2D eigenvalue weighted by atomic mass is 16.1. The zero-order chi connectivity index (χ0) is 12.7. The first kappa shape index (κ1) is 13.7. The normalized spacial score (nSPS) is 10.6. The van der Waals surface area contributed by atoms with Gasteiger partial charge in [-0.3, -0.25) is 4.79 Å². The number of benzene rings is 1. The third-order valence-corrected chi connectivity index (χ3v) is 2.52. The number of nitrogens with two attached hydrogens (primary N) is 1. The van der Waals surface area contributed by atoms with E-state index < -0.39 is 0 Å². The van der Waals surface area contributed by atoms with E-state index in [9.17, 15) is 4.79 Å². The van der Waals surface area contributed by atoms with E-state index in [-0.39, 0.29) is 5.91 Å². The SMILES string of the molecule is CN(C)CCCNC(=O)c1ccc(CN)cc1. The van der Waals surface area contributed by atoms with Gasteiger partial charge in [0.05, 0.1) is 0 Å². The van der Waals surface area contributed by atoms with Crippen LogP contribution >= 0.6 is 0 Å². The van der Waals surface area contributed by atoms with Gasteiger partial charge in [-0.15, -0.1) is 0 Å². The molecule has 94 valence electrons. The lowest BCUT2D eigenvalue weighted by Gasteiger charge is -2.10. The Balaban J connectivity index is 2.36. The van der Waals surface area contributed by atoms with Crippen molar-refractivity contribution in [3.05, 3.63) is 35.4 Å². The summed E-state index contributed by atoms with van der Waals surface area (Å²) in [6.45, 7) is 2.19. The predicted molar refractivity (Wildman–Crippen MR) is 69.8 cm³/mol. The molecule has 1 amide bonds. The van der Waals surface area contributed by atoms with Crippen molar-refractivity contribution < 1.29 is 4.79 Å². The van der Waals surface area contributed by atoms with Crippen LogP contribution in [0.4, 0.5) is 0 Å². The van der Waals surface area contributed by atoms with Crippen LogP contribution in [0.15, 0.2) is 24.3 Å². The Labute approximate surface area is 103 Å². The van der Waals surface area contributed by atoms with Crippen LogP contribution in [-0.4, -0.2) is 38.0 Å². The maximum atomic E-state index is 11.7. The van der Waals surface area contributed by atoms with Crippen molar-refractivity contribution in [1.29, 1.82) is 0 Å². The molecular weight excluding hydrogens is 214 g/mol. The van der Waals surface area contributed by atoms with Gasteiger partial charge >= 0.3 is 0 Å². The van der Waals surface area contributed by atoms with E-state index >= 15 is 0 Å². The molecule has 0 fully saturated rings. The molecule has 0 saturated heterocycles. The molecule has 1 aromatic carbocycles. The van der Waals surface area contributed by atoms with E-state index in [2.05, 4.69) is 10.2 Å². The highest BCUT2D eigenvalue weighted by Crippen LogP contribution is 2.03. The number of hydrogen-bond acceptors (Lipinski definition) is 3. The molecule has 0 spiro atoms. The second kappa shape index (κ2) is 7.04. The molecule has 17 heavy (non-hydrogen) atoms. The van der Waals surface area contributed by atoms with E-state index in [1.165, 1.54) is 0 Å². The minimum absolute atomic E-state index is 0.0210. The van der Waals surface area contributed by atoms with E-state index in [4.69, 9.17) is 5.73 Å². The maximum Gasteiger partial charge on any atom is 0.251 e. The van der Waals surface area contributed by atoms with Crippen molar-refractivity contribution >= 4 is 5.91 Å². The number of rotatable bonds is 6. The molecule has 0 aromatic heterocycles. The molecule has 1 rings (SSSR count). The predicted octanol–water partition coefficient (Wildman–Crippen LogP) is 0.827. The van der Waals surface area contributed by atoms with Crippen molar-refractivity contribution in [1.82, 2.24) is 10.2 Å². The summed E-state index contributed by atoms with van der Waals surface area (Å²) in [6.07, 6.45) is 0.958. The first-order chi connectivity index (χ1) is 8.13. The fraction of sp³-hybridized carbons (Fsp3) is 0.462. The number of nitrogens with zero attached hydrogens (tertiary/aromatic N) is 1.